The molecule has 0 aliphatic heterocycles. The van der Waals surface area contributed by atoms with Crippen molar-refractivity contribution in [1.29, 1.82) is 0 Å². The summed E-state index contributed by atoms with van der Waals surface area (Å²) in [6, 6.07) is 0. The Labute approximate surface area is 58.7 Å². The molecule has 0 saturated carbocycles. The molecule has 3 radical (unpaired) electrons. The summed E-state index contributed by atoms with van der Waals surface area (Å²) in [5.74, 6) is 0. The fourth-order valence-electron chi connectivity index (χ4n) is 0. The number of hydrogen-bond acceptors (Lipinski definition) is 0. The molecule has 0 fully saturated rings. The van der Waals surface area contributed by atoms with Gasteiger partial charge in [0.15, 0.2) is 0 Å². The normalized spacial score (nSPS) is 0. The van der Waals surface area contributed by atoms with Gasteiger partial charge in [0.05, 0.1) is 0 Å². The molecule has 0 N–H and O–H groups in total. The van der Waals surface area contributed by atoms with Crippen molar-refractivity contribution in [2.24, 2.45) is 0 Å². The summed E-state index contributed by atoms with van der Waals surface area (Å²) < 4.78 is 0. The third-order valence-corrected chi connectivity index (χ3v) is 0. The molecule has 0 spiro atoms. The minimum absolute atomic E-state index is 0. The van der Waals surface area contributed by atoms with Crippen LogP contribution in [-0.2, 0) is 0 Å². The van der Waals surface area contributed by atoms with Crippen molar-refractivity contribution in [2.75, 3.05) is 0 Å². The minimum atomic E-state index is 0. The van der Waals surface area contributed by atoms with Gasteiger partial charge in [0.1, 0.15) is 0 Å². The molecule has 0 atom stereocenters. The van der Waals surface area contributed by atoms with E-state index in [1.807, 2.05) is 0 Å². The van der Waals surface area contributed by atoms with Gasteiger partial charge in [-0.25, -0.2) is 0 Å². The average Bonchev–Trinajstić information content (AvgIpc) is 0. The fourth-order valence-corrected chi connectivity index (χ4v) is 0. The van der Waals surface area contributed by atoms with Crippen LogP contribution in [0.5, 0.6) is 0 Å². The van der Waals surface area contributed by atoms with Gasteiger partial charge in [-0.1, -0.05) is 22.3 Å². The van der Waals surface area contributed by atoms with E-state index in [9.17, 15) is 0 Å². The Kier molecular flexibility index (Phi) is 1730. The van der Waals surface area contributed by atoms with Crippen molar-refractivity contribution in [3.63, 3.8) is 0 Å². The summed E-state index contributed by atoms with van der Waals surface area (Å²) in [5.41, 5.74) is 0. The van der Waals surface area contributed by atoms with E-state index in [1.54, 1.807) is 0 Å². The molecular formula is C3H13AlLi. The van der Waals surface area contributed by atoms with Crippen molar-refractivity contribution in [1.82, 2.24) is 0 Å². The van der Waals surface area contributed by atoms with E-state index in [0.29, 0.717) is 0 Å². The molecule has 2 heteroatoms. The first-order valence-electron chi connectivity index (χ1n) is 0. The van der Waals surface area contributed by atoms with Gasteiger partial charge in [0.25, 0.3) is 0 Å². The predicted octanol–water partition coefficient (Wildman–Crippen LogP) is 0.879. The molecule has 5 heavy (non-hydrogen) atoms. The monoisotopic (exact) mass is 83.1 g/mol. The summed E-state index contributed by atoms with van der Waals surface area (Å²) in [6.07, 6.45) is 0. The second-order valence-electron chi connectivity index (χ2n) is 0. The van der Waals surface area contributed by atoms with Crippen LogP contribution in [0.15, 0.2) is 0 Å². The second-order valence-corrected chi connectivity index (χ2v) is 0. The van der Waals surface area contributed by atoms with Crippen LogP contribution >= 0.6 is 0 Å². The molecule has 0 aromatic carbocycles. The first-order chi connectivity index (χ1) is 0. The molecule has 0 heterocycles. The van der Waals surface area contributed by atoms with Crippen LogP contribution in [0.2, 0.25) is 0 Å². The first-order valence-corrected chi connectivity index (χ1v) is 0. The van der Waals surface area contributed by atoms with E-state index >= 15 is 0 Å². The Morgan fingerprint density at radius 2 is 0.600 bits per heavy atom. The molecule has 0 aliphatic rings. The first kappa shape index (κ1) is 126. The van der Waals surface area contributed by atoms with Gasteiger partial charge in [-0.3, -0.25) is 0 Å². The quantitative estimate of drug-likeness (QED) is 0.381. The molecule has 0 nitrogen and oxygen atoms in total. The Bertz CT molecular complexity index is 6.85. The van der Waals surface area contributed by atoms with E-state index in [2.05, 4.69) is 0 Å². The maximum atomic E-state index is 0. The molecule has 0 unspecified atom stereocenters. The van der Waals surface area contributed by atoms with Gasteiger partial charge in [-0.05, 0) is 0 Å². The number of rotatable bonds is 0. The van der Waals surface area contributed by atoms with Crippen molar-refractivity contribution in [3.05, 3.63) is 0 Å². The van der Waals surface area contributed by atoms with Gasteiger partial charge < -0.3 is 0 Å². The van der Waals surface area contributed by atoms with Gasteiger partial charge >= 0.3 is 18.9 Å². The van der Waals surface area contributed by atoms with Gasteiger partial charge in [-0.15, -0.1) is 0 Å². The van der Waals surface area contributed by atoms with Crippen LogP contribution in [-0.4, -0.2) is 36.2 Å². The molecule has 0 aromatic rings. The van der Waals surface area contributed by atoms with E-state index in [1.165, 1.54) is 0 Å². The van der Waals surface area contributed by atoms with Crippen molar-refractivity contribution in [2.45, 2.75) is 22.3 Å². The zero-order valence-electron chi connectivity index (χ0n) is 0.577. The predicted molar refractivity (Wildman–Crippen MR) is 33.1 cm³/mol. The number of hydrogen-bond donors (Lipinski definition) is 0. The fraction of sp³-hybridized carbons (Fsp3) is 1.00. The summed E-state index contributed by atoms with van der Waals surface area (Å²) in [5, 5.41) is 0. The van der Waals surface area contributed by atoms with Crippen LogP contribution in [0, 0.1) is 0 Å². The van der Waals surface area contributed by atoms with Crippen molar-refractivity contribution < 1.29 is 0 Å². The Balaban J connectivity index is 0. The molecule has 0 amide bonds. The SMILES string of the molecule is C.C.C.[Al].[LiH]. The summed E-state index contributed by atoms with van der Waals surface area (Å²) in [7, 11) is 0. The second kappa shape index (κ2) is 68.5. The van der Waals surface area contributed by atoms with Crippen molar-refractivity contribution >= 4 is 36.2 Å². The summed E-state index contributed by atoms with van der Waals surface area (Å²) in [4.78, 5) is 0. The molecular weight excluding hydrogens is 70.0 g/mol. The van der Waals surface area contributed by atoms with E-state index in [-0.39, 0.29) is 58.5 Å². The van der Waals surface area contributed by atoms with E-state index in [4.69, 9.17) is 0 Å². The molecule has 0 rings (SSSR count). The van der Waals surface area contributed by atoms with Crippen molar-refractivity contribution in [3.8, 4) is 0 Å². The third-order valence-electron chi connectivity index (χ3n) is 0. The molecule has 29 valence electrons. The van der Waals surface area contributed by atoms with Crippen LogP contribution in [0.3, 0.4) is 0 Å². The standard InChI is InChI=1S/3CH4.Al.Li.H/h3*1H4;;;. The van der Waals surface area contributed by atoms with Crippen LogP contribution < -0.4 is 0 Å². The average molecular weight is 83.1 g/mol. The molecule has 0 aliphatic carbocycles. The molecule has 0 saturated heterocycles. The van der Waals surface area contributed by atoms with Gasteiger partial charge in [-0.2, -0.15) is 0 Å². The van der Waals surface area contributed by atoms with E-state index in [0.717, 1.165) is 0 Å². The summed E-state index contributed by atoms with van der Waals surface area (Å²) in [6.45, 7) is 0. The van der Waals surface area contributed by atoms with Crippen LogP contribution in [0.4, 0.5) is 0 Å². The van der Waals surface area contributed by atoms with Gasteiger partial charge in [0, 0.05) is 17.4 Å². The summed E-state index contributed by atoms with van der Waals surface area (Å²) >= 11 is 0. The molecule has 0 bridgehead atoms. The zero-order chi connectivity index (χ0) is 0. The topological polar surface area (TPSA) is 0 Å². The van der Waals surface area contributed by atoms with Gasteiger partial charge in [0.2, 0.25) is 0 Å². The maximum absolute atomic E-state index is 0. The van der Waals surface area contributed by atoms with Crippen LogP contribution in [0.25, 0.3) is 0 Å². The Morgan fingerprint density at radius 3 is 0.600 bits per heavy atom. The Morgan fingerprint density at radius 1 is 0.600 bits per heavy atom. The third kappa shape index (κ3) is 39.4. The molecule has 0 aromatic heterocycles. The van der Waals surface area contributed by atoms with Crippen LogP contribution in [0.1, 0.15) is 22.3 Å². The van der Waals surface area contributed by atoms with E-state index < -0.39 is 0 Å². The Hall–Kier alpha value is 1.13. The zero-order valence-corrected chi connectivity index (χ0v) is 1.73.